The number of hydrogen-bond donors (Lipinski definition) is 0. The maximum Gasteiger partial charge on any atom is 0.467 e. The van der Waals surface area contributed by atoms with Gasteiger partial charge in [-0.05, 0) is 39.8 Å². The first-order valence-electron chi connectivity index (χ1n) is 7.17. The van der Waals surface area contributed by atoms with Gasteiger partial charge < -0.3 is 14.0 Å². The van der Waals surface area contributed by atoms with E-state index in [-0.39, 0.29) is 18.2 Å². The van der Waals surface area contributed by atoms with Gasteiger partial charge in [0.05, 0.1) is 29.6 Å². The van der Waals surface area contributed by atoms with Crippen molar-refractivity contribution in [2.75, 3.05) is 7.11 Å². The number of hydrogen-bond acceptors (Lipinski definition) is 6. The molecule has 2 heterocycles. The zero-order valence-corrected chi connectivity index (χ0v) is 14.4. The summed E-state index contributed by atoms with van der Waals surface area (Å²) in [6, 6.07) is 3.58. The average molecular weight is 324 g/mol. The van der Waals surface area contributed by atoms with Gasteiger partial charge in [0.2, 0.25) is 0 Å². The molecule has 1 aromatic heterocycles. The Hall–Kier alpha value is -1.18. The Bertz CT molecular complexity index is 550. The van der Waals surface area contributed by atoms with Crippen LogP contribution in [0.5, 0.6) is 0 Å². The van der Waals surface area contributed by atoms with Gasteiger partial charge in [-0.3, -0.25) is 9.59 Å². The van der Waals surface area contributed by atoms with E-state index in [1.807, 2.05) is 33.8 Å². The van der Waals surface area contributed by atoms with Crippen molar-refractivity contribution in [2.24, 2.45) is 0 Å². The van der Waals surface area contributed by atoms with E-state index in [9.17, 15) is 9.59 Å². The summed E-state index contributed by atoms with van der Waals surface area (Å²) in [6.45, 7) is 7.86. The Morgan fingerprint density at radius 3 is 2.36 bits per heavy atom. The normalized spacial score (nSPS) is 20.7. The van der Waals surface area contributed by atoms with Gasteiger partial charge in [0.25, 0.3) is 0 Å². The van der Waals surface area contributed by atoms with E-state index in [0.29, 0.717) is 4.88 Å². The fourth-order valence-corrected chi connectivity index (χ4v) is 3.22. The summed E-state index contributed by atoms with van der Waals surface area (Å²) in [7, 11) is 0.803. The second-order valence-corrected chi connectivity index (χ2v) is 7.52. The van der Waals surface area contributed by atoms with Crippen molar-refractivity contribution in [3.8, 4) is 0 Å². The van der Waals surface area contributed by atoms with Crippen LogP contribution < -0.4 is 0 Å². The van der Waals surface area contributed by atoms with Gasteiger partial charge >= 0.3 is 13.1 Å². The monoisotopic (exact) mass is 324 g/mol. The lowest BCUT2D eigenvalue weighted by atomic mass is 9.69. The molecule has 1 unspecified atom stereocenters. The second kappa shape index (κ2) is 6.14. The fraction of sp³-hybridized carbons (Fsp3) is 0.600. The SMILES string of the molecule is COC(=O)CC(B1OC(C)(C)C(C)(C)O1)c1ccc(C=O)s1. The van der Waals surface area contributed by atoms with Gasteiger partial charge in [-0.2, -0.15) is 0 Å². The second-order valence-electron chi connectivity index (χ2n) is 6.37. The molecule has 1 aromatic rings. The van der Waals surface area contributed by atoms with E-state index in [0.717, 1.165) is 11.2 Å². The number of thiophene rings is 1. The third-order valence-electron chi connectivity index (χ3n) is 4.34. The molecule has 1 saturated heterocycles. The first-order chi connectivity index (χ1) is 10.2. The number of ether oxygens (including phenoxy) is 1. The molecule has 0 saturated carbocycles. The summed E-state index contributed by atoms with van der Waals surface area (Å²) in [5, 5.41) is 0. The molecule has 120 valence electrons. The van der Waals surface area contributed by atoms with Crippen LogP contribution in [0.1, 0.15) is 54.5 Å². The molecule has 0 N–H and O–H groups in total. The van der Waals surface area contributed by atoms with Crippen LogP contribution in [0.2, 0.25) is 0 Å². The van der Waals surface area contributed by atoms with Gasteiger partial charge in [-0.1, -0.05) is 0 Å². The minimum Gasteiger partial charge on any atom is -0.469 e. The van der Waals surface area contributed by atoms with E-state index in [2.05, 4.69) is 0 Å². The zero-order chi connectivity index (χ0) is 16.5. The first kappa shape index (κ1) is 17.2. The molecule has 0 spiro atoms. The predicted molar refractivity (Wildman–Crippen MR) is 85.2 cm³/mol. The molecule has 5 nitrogen and oxygen atoms in total. The fourth-order valence-electron chi connectivity index (χ4n) is 2.28. The van der Waals surface area contributed by atoms with Crippen LogP contribution in [0, 0.1) is 0 Å². The van der Waals surface area contributed by atoms with Crippen molar-refractivity contribution >= 4 is 30.7 Å². The number of rotatable bonds is 5. The van der Waals surface area contributed by atoms with E-state index in [1.165, 1.54) is 18.4 Å². The summed E-state index contributed by atoms with van der Waals surface area (Å²) in [5.74, 6) is -0.632. The molecule has 22 heavy (non-hydrogen) atoms. The molecule has 0 radical (unpaired) electrons. The lowest BCUT2D eigenvalue weighted by molar-refractivity contribution is -0.140. The molecule has 1 aliphatic heterocycles. The predicted octanol–water partition coefficient (Wildman–Crippen LogP) is 2.84. The van der Waals surface area contributed by atoms with E-state index < -0.39 is 18.3 Å². The average Bonchev–Trinajstić information content (AvgIpc) is 2.98. The van der Waals surface area contributed by atoms with Gasteiger partial charge in [0, 0.05) is 10.7 Å². The third kappa shape index (κ3) is 3.26. The van der Waals surface area contributed by atoms with Crippen molar-refractivity contribution in [3.05, 3.63) is 21.9 Å². The number of methoxy groups -OCH3 is 1. The molecule has 1 atom stereocenters. The minimum absolute atomic E-state index is 0.145. The molecular weight excluding hydrogens is 303 g/mol. The molecule has 0 aliphatic carbocycles. The van der Waals surface area contributed by atoms with Gasteiger partial charge in [0.15, 0.2) is 6.29 Å². The molecule has 0 aromatic carbocycles. The number of carbonyl (C=O) groups is 2. The van der Waals surface area contributed by atoms with Crippen molar-refractivity contribution < 1.29 is 23.6 Å². The van der Waals surface area contributed by atoms with Gasteiger partial charge in [0.1, 0.15) is 0 Å². The number of aldehydes is 1. The Kier molecular flexibility index (Phi) is 4.80. The maximum atomic E-state index is 11.8. The van der Waals surface area contributed by atoms with Crippen LogP contribution in [0.15, 0.2) is 12.1 Å². The summed E-state index contributed by atoms with van der Waals surface area (Å²) in [4.78, 5) is 24.2. The highest BCUT2D eigenvalue weighted by Crippen LogP contribution is 2.42. The van der Waals surface area contributed by atoms with Crippen molar-refractivity contribution in [3.63, 3.8) is 0 Å². The van der Waals surface area contributed by atoms with Crippen LogP contribution in [0.3, 0.4) is 0 Å². The highest BCUT2D eigenvalue weighted by molar-refractivity contribution is 7.14. The van der Waals surface area contributed by atoms with Crippen molar-refractivity contribution in [2.45, 2.75) is 51.1 Å². The molecule has 7 heteroatoms. The highest BCUT2D eigenvalue weighted by Gasteiger charge is 2.54. The maximum absolute atomic E-state index is 11.8. The van der Waals surface area contributed by atoms with E-state index >= 15 is 0 Å². The summed E-state index contributed by atoms with van der Waals surface area (Å²) in [5.41, 5.74) is -0.951. The molecular formula is C15H21BO5S. The lowest BCUT2D eigenvalue weighted by Crippen LogP contribution is -2.41. The van der Waals surface area contributed by atoms with Gasteiger partial charge in [-0.15, -0.1) is 11.3 Å². The number of carbonyl (C=O) groups excluding carboxylic acids is 2. The molecule has 1 aliphatic rings. The van der Waals surface area contributed by atoms with Crippen LogP contribution in [0.25, 0.3) is 0 Å². The van der Waals surface area contributed by atoms with Crippen LogP contribution in [0.4, 0.5) is 0 Å². The van der Waals surface area contributed by atoms with Gasteiger partial charge in [-0.25, -0.2) is 0 Å². The standard InChI is InChI=1S/C15H21BO5S/c1-14(2)15(3,4)21-16(20-14)11(8-13(18)19-5)12-7-6-10(9-17)22-12/h6-7,9,11H,8H2,1-5H3. The van der Waals surface area contributed by atoms with E-state index in [1.54, 1.807) is 6.07 Å². The quantitative estimate of drug-likeness (QED) is 0.473. The Morgan fingerprint density at radius 1 is 1.32 bits per heavy atom. The minimum atomic E-state index is -0.553. The molecule has 0 amide bonds. The van der Waals surface area contributed by atoms with Crippen molar-refractivity contribution in [1.82, 2.24) is 0 Å². The van der Waals surface area contributed by atoms with E-state index in [4.69, 9.17) is 14.0 Å². The lowest BCUT2D eigenvalue weighted by Gasteiger charge is -2.32. The Morgan fingerprint density at radius 2 is 1.91 bits per heavy atom. The number of esters is 1. The van der Waals surface area contributed by atoms with Crippen LogP contribution >= 0.6 is 11.3 Å². The summed E-state index contributed by atoms with van der Waals surface area (Å²) < 4.78 is 16.9. The molecule has 2 rings (SSSR count). The summed E-state index contributed by atoms with van der Waals surface area (Å²) in [6.07, 6.45) is 0.944. The molecule has 0 bridgehead atoms. The van der Waals surface area contributed by atoms with Crippen LogP contribution in [-0.4, -0.2) is 37.7 Å². The smallest absolute Gasteiger partial charge is 0.467 e. The van der Waals surface area contributed by atoms with Crippen molar-refractivity contribution in [1.29, 1.82) is 0 Å². The summed E-state index contributed by atoms with van der Waals surface area (Å²) >= 11 is 1.34. The third-order valence-corrected chi connectivity index (χ3v) is 5.49. The highest BCUT2D eigenvalue weighted by atomic mass is 32.1. The zero-order valence-electron chi connectivity index (χ0n) is 13.5. The molecule has 1 fully saturated rings. The Labute approximate surface area is 135 Å². The first-order valence-corrected chi connectivity index (χ1v) is 7.99. The topological polar surface area (TPSA) is 61.8 Å². The largest absolute Gasteiger partial charge is 0.469 e. The Balaban J connectivity index is 2.29. The van der Waals surface area contributed by atoms with Crippen LogP contribution in [-0.2, 0) is 18.8 Å².